The van der Waals surface area contributed by atoms with Crippen LogP contribution in [0.25, 0.3) is 22.6 Å². The number of nitrogens with one attached hydrogen (secondary N) is 1. The summed E-state index contributed by atoms with van der Waals surface area (Å²) in [6.45, 7) is 2.98. The first-order valence-corrected chi connectivity index (χ1v) is 11.8. The minimum Gasteiger partial charge on any atom is -0.465 e. The first kappa shape index (κ1) is 22.3. The minimum atomic E-state index is -0.506. The van der Waals surface area contributed by atoms with Crippen LogP contribution in [0.1, 0.15) is 53.6 Å². The standard InChI is InChI=1S/C27H28N2O5/c1-17-12-18(14-19-6-4-10-32-19)26-22(13-17)25(21-8-2-3-9-23(21)29-26)27(31)34-16-24(30)28-15-20-7-5-11-33-20/h2-4,6,8-10,14,17,20H,5,7,11-13,15-16H2,1H3,(H,28,30)/b18-14-. The van der Waals surface area contributed by atoms with Gasteiger partial charge < -0.3 is 19.2 Å². The average molecular weight is 461 g/mol. The van der Waals surface area contributed by atoms with Crippen LogP contribution in [0.5, 0.6) is 0 Å². The van der Waals surface area contributed by atoms with Crippen LogP contribution in [0, 0.1) is 5.92 Å². The number of para-hydroxylation sites is 1. The molecule has 2 atom stereocenters. The van der Waals surface area contributed by atoms with Gasteiger partial charge in [-0.1, -0.05) is 25.1 Å². The van der Waals surface area contributed by atoms with Gasteiger partial charge in [-0.15, -0.1) is 0 Å². The number of aromatic nitrogens is 1. The molecule has 0 radical (unpaired) electrons. The molecule has 2 aromatic heterocycles. The summed E-state index contributed by atoms with van der Waals surface area (Å²) in [6.07, 6.45) is 7.14. The monoisotopic (exact) mass is 460 g/mol. The first-order valence-electron chi connectivity index (χ1n) is 11.8. The van der Waals surface area contributed by atoms with E-state index in [1.54, 1.807) is 6.26 Å². The summed E-state index contributed by atoms with van der Waals surface area (Å²) >= 11 is 0. The molecule has 0 spiro atoms. The number of furan rings is 1. The number of ether oxygens (including phenoxy) is 2. The molecule has 3 heterocycles. The van der Waals surface area contributed by atoms with Crippen molar-refractivity contribution in [2.24, 2.45) is 5.92 Å². The van der Waals surface area contributed by atoms with Crippen molar-refractivity contribution in [3.63, 3.8) is 0 Å². The van der Waals surface area contributed by atoms with Crippen LogP contribution in [-0.4, -0.2) is 42.7 Å². The molecule has 2 unspecified atom stereocenters. The van der Waals surface area contributed by atoms with E-state index in [9.17, 15) is 9.59 Å². The Hall–Kier alpha value is -3.45. The van der Waals surface area contributed by atoms with Gasteiger partial charge in [0.25, 0.3) is 5.91 Å². The average Bonchev–Trinajstić information content (AvgIpc) is 3.54. The molecule has 34 heavy (non-hydrogen) atoms. The lowest BCUT2D eigenvalue weighted by atomic mass is 9.81. The fourth-order valence-corrected chi connectivity index (χ4v) is 4.80. The highest BCUT2D eigenvalue weighted by Gasteiger charge is 2.29. The molecule has 176 valence electrons. The smallest absolute Gasteiger partial charge is 0.339 e. The molecule has 7 heteroatoms. The molecule has 1 aliphatic carbocycles. The van der Waals surface area contributed by atoms with Gasteiger partial charge in [0.2, 0.25) is 0 Å². The summed E-state index contributed by atoms with van der Waals surface area (Å²) in [5.74, 6) is 0.228. The molecule has 1 saturated heterocycles. The molecule has 3 aromatic rings. The number of pyridine rings is 1. The zero-order chi connectivity index (χ0) is 23.5. The van der Waals surface area contributed by atoms with Gasteiger partial charge in [0.15, 0.2) is 6.61 Å². The van der Waals surface area contributed by atoms with E-state index in [0.717, 1.165) is 59.4 Å². The molecular weight excluding hydrogens is 432 g/mol. The van der Waals surface area contributed by atoms with Crippen molar-refractivity contribution in [1.29, 1.82) is 0 Å². The second-order valence-corrected chi connectivity index (χ2v) is 9.04. The highest BCUT2D eigenvalue weighted by molar-refractivity contribution is 6.07. The van der Waals surface area contributed by atoms with E-state index in [0.29, 0.717) is 24.4 Å². The minimum absolute atomic E-state index is 0.0386. The number of fused-ring (bicyclic) bond motifs is 2. The number of nitrogens with zero attached hydrogens (tertiary/aromatic N) is 1. The van der Waals surface area contributed by atoms with Crippen molar-refractivity contribution >= 4 is 34.4 Å². The summed E-state index contributed by atoms with van der Waals surface area (Å²) < 4.78 is 16.6. The molecule has 7 nitrogen and oxygen atoms in total. The van der Waals surface area contributed by atoms with Crippen LogP contribution in [0.2, 0.25) is 0 Å². The third kappa shape index (κ3) is 4.75. The maximum atomic E-state index is 13.3. The molecule has 1 amide bonds. The Kier molecular flexibility index (Phi) is 6.45. The summed E-state index contributed by atoms with van der Waals surface area (Å²) in [5.41, 5.74) is 3.89. The van der Waals surface area contributed by atoms with Crippen molar-refractivity contribution in [3.8, 4) is 0 Å². The number of carbonyl (C=O) groups is 2. The van der Waals surface area contributed by atoms with Crippen LogP contribution in [-0.2, 0) is 20.7 Å². The Morgan fingerprint density at radius 1 is 1.21 bits per heavy atom. The number of amides is 1. The summed E-state index contributed by atoms with van der Waals surface area (Å²) in [6, 6.07) is 11.3. The van der Waals surface area contributed by atoms with E-state index in [4.69, 9.17) is 18.9 Å². The first-order chi connectivity index (χ1) is 16.6. The van der Waals surface area contributed by atoms with Crippen molar-refractivity contribution in [1.82, 2.24) is 10.3 Å². The maximum absolute atomic E-state index is 13.3. The Morgan fingerprint density at radius 3 is 2.88 bits per heavy atom. The van der Waals surface area contributed by atoms with E-state index < -0.39 is 5.97 Å². The van der Waals surface area contributed by atoms with E-state index in [1.807, 2.05) is 42.5 Å². The van der Waals surface area contributed by atoms with Crippen molar-refractivity contribution in [2.45, 2.75) is 38.7 Å². The van der Waals surface area contributed by atoms with Gasteiger partial charge in [-0.2, -0.15) is 0 Å². The van der Waals surface area contributed by atoms with Crippen LogP contribution in [0.15, 0.2) is 47.1 Å². The van der Waals surface area contributed by atoms with Gasteiger partial charge in [-0.3, -0.25) is 4.79 Å². The molecule has 1 fully saturated rings. The van der Waals surface area contributed by atoms with Crippen LogP contribution in [0.4, 0.5) is 0 Å². The van der Waals surface area contributed by atoms with Gasteiger partial charge in [-0.05, 0) is 67.0 Å². The largest absolute Gasteiger partial charge is 0.465 e. The molecule has 1 N–H and O–H groups in total. The number of esters is 1. The third-order valence-corrected chi connectivity index (χ3v) is 6.37. The van der Waals surface area contributed by atoms with Gasteiger partial charge in [0, 0.05) is 18.5 Å². The lowest BCUT2D eigenvalue weighted by Crippen LogP contribution is -2.35. The van der Waals surface area contributed by atoms with Gasteiger partial charge in [-0.25, -0.2) is 9.78 Å². The molecule has 0 saturated carbocycles. The van der Waals surface area contributed by atoms with E-state index in [2.05, 4.69) is 12.2 Å². The zero-order valence-corrected chi connectivity index (χ0v) is 19.2. The fourth-order valence-electron chi connectivity index (χ4n) is 4.80. The Labute approximate surface area is 198 Å². The quantitative estimate of drug-likeness (QED) is 0.548. The second-order valence-electron chi connectivity index (χ2n) is 9.04. The predicted molar refractivity (Wildman–Crippen MR) is 128 cm³/mol. The van der Waals surface area contributed by atoms with Gasteiger partial charge >= 0.3 is 5.97 Å². The molecule has 1 aromatic carbocycles. The Balaban J connectivity index is 1.44. The summed E-state index contributed by atoms with van der Waals surface area (Å²) in [4.78, 5) is 30.5. The predicted octanol–water partition coefficient (Wildman–Crippen LogP) is 4.40. The number of hydrogen-bond donors (Lipinski definition) is 1. The number of hydrogen-bond acceptors (Lipinski definition) is 6. The van der Waals surface area contributed by atoms with Crippen LogP contribution in [0.3, 0.4) is 0 Å². The van der Waals surface area contributed by atoms with Crippen LogP contribution < -0.4 is 5.32 Å². The topological polar surface area (TPSA) is 90.7 Å². The number of carbonyl (C=O) groups excluding carboxylic acids is 2. The van der Waals surface area contributed by atoms with E-state index >= 15 is 0 Å². The maximum Gasteiger partial charge on any atom is 0.339 e. The van der Waals surface area contributed by atoms with Crippen molar-refractivity contribution in [2.75, 3.05) is 19.8 Å². The van der Waals surface area contributed by atoms with Crippen molar-refractivity contribution < 1.29 is 23.5 Å². The molecule has 0 bridgehead atoms. The number of rotatable bonds is 6. The highest BCUT2D eigenvalue weighted by atomic mass is 16.5. The molecule has 1 aliphatic heterocycles. The number of allylic oxidation sites excluding steroid dienone is 1. The summed E-state index contributed by atoms with van der Waals surface area (Å²) in [5, 5.41) is 3.53. The normalized spacial score (nSPS) is 20.9. The third-order valence-electron chi connectivity index (χ3n) is 6.37. The SMILES string of the molecule is CC1C/C(=C/c2ccco2)c2nc3ccccc3c(C(=O)OCC(=O)NCC3CCCO3)c2C1. The number of benzene rings is 1. The molecular formula is C27H28N2O5. The lowest BCUT2D eigenvalue weighted by Gasteiger charge is -2.26. The lowest BCUT2D eigenvalue weighted by molar-refractivity contribution is -0.124. The molecule has 5 rings (SSSR count). The molecule has 2 aliphatic rings. The second kappa shape index (κ2) is 9.81. The summed E-state index contributed by atoms with van der Waals surface area (Å²) in [7, 11) is 0. The van der Waals surface area contributed by atoms with Gasteiger partial charge in [0.1, 0.15) is 5.76 Å². The highest BCUT2D eigenvalue weighted by Crippen LogP contribution is 2.38. The Morgan fingerprint density at radius 2 is 2.09 bits per heavy atom. The van der Waals surface area contributed by atoms with Crippen molar-refractivity contribution in [3.05, 3.63) is 65.2 Å². The van der Waals surface area contributed by atoms with E-state index in [1.165, 1.54) is 0 Å². The fraction of sp³-hybridized carbons (Fsp3) is 0.370. The Bertz CT molecular complexity index is 1230. The van der Waals surface area contributed by atoms with E-state index in [-0.39, 0.29) is 18.6 Å². The zero-order valence-electron chi connectivity index (χ0n) is 19.2. The van der Waals surface area contributed by atoms with Crippen LogP contribution >= 0.6 is 0 Å². The van der Waals surface area contributed by atoms with Gasteiger partial charge in [0.05, 0.1) is 29.1 Å².